The molecule has 0 aliphatic carbocycles. The maximum atomic E-state index is 13.5. The van der Waals surface area contributed by atoms with Crippen molar-refractivity contribution in [3.05, 3.63) is 80.5 Å². The van der Waals surface area contributed by atoms with Crippen molar-refractivity contribution >= 4 is 17.1 Å². The van der Waals surface area contributed by atoms with Crippen molar-refractivity contribution in [1.82, 2.24) is 18.7 Å². The monoisotopic (exact) mass is 475 g/mol. The highest BCUT2D eigenvalue weighted by molar-refractivity contribution is 5.75. The lowest BCUT2D eigenvalue weighted by Crippen LogP contribution is -2.40. The molecule has 2 aromatic carbocycles. The lowest BCUT2D eigenvalue weighted by atomic mass is 10.1. The summed E-state index contributed by atoms with van der Waals surface area (Å²) < 4.78 is 15.5. The quantitative estimate of drug-likeness (QED) is 0.408. The van der Waals surface area contributed by atoms with Crippen LogP contribution in [0.2, 0.25) is 0 Å². The molecule has 1 aliphatic rings. The van der Waals surface area contributed by atoms with E-state index in [-0.39, 0.29) is 17.8 Å². The highest BCUT2D eigenvalue weighted by Gasteiger charge is 2.26. The molecule has 2 aromatic heterocycles. The molecule has 0 bridgehead atoms. The molecule has 0 saturated carbocycles. The number of benzene rings is 2. The summed E-state index contributed by atoms with van der Waals surface area (Å²) in [7, 11) is 4.93. The SMILES string of the molecule is COc1ccc(CCN2CCCn3c2nc2c3c(=O)n(Cc3ccccc3)c(=O)n2C)cc1OC. The van der Waals surface area contributed by atoms with Crippen molar-refractivity contribution in [2.24, 2.45) is 7.05 Å². The maximum absolute atomic E-state index is 13.5. The molecule has 0 unspecified atom stereocenters. The van der Waals surface area contributed by atoms with E-state index in [2.05, 4.69) is 4.90 Å². The molecule has 35 heavy (non-hydrogen) atoms. The van der Waals surface area contributed by atoms with Crippen molar-refractivity contribution in [2.75, 3.05) is 32.2 Å². The maximum Gasteiger partial charge on any atom is 0.332 e. The van der Waals surface area contributed by atoms with E-state index in [0.717, 1.165) is 43.0 Å². The number of anilines is 1. The Bertz CT molecular complexity index is 1490. The first-order valence-electron chi connectivity index (χ1n) is 11.7. The summed E-state index contributed by atoms with van der Waals surface area (Å²) in [6.07, 6.45) is 1.67. The first kappa shape index (κ1) is 22.8. The van der Waals surface area contributed by atoms with Crippen LogP contribution in [0.15, 0.2) is 58.1 Å². The molecule has 5 rings (SSSR count). The number of nitrogens with zero attached hydrogens (tertiary/aromatic N) is 5. The highest BCUT2D eigenvalue weighted by atomic mass is 16.5. The van der Waals surface area contributed by atoms with E-state index >= 15 is 0 Å². The van der Waals surface area contributed by atoms with Gasteiger partial charge in [-0.3, -0.25) is 13.9 Å². The van der Waals surface area contributed by atoms with Crippen molar-refractivity contribution in [3.63, 3.8) is 0 Å². The third kappa shape index (κ3) is 4.07. The van der Waals surface area contributed by atoms with Crippen molar-refractivity contribution in [3.8, 4) is 11.5 Å². The zero-order chi connectivity index (χ0) is 24.5. The van der Waals surface area contributed by atoms with Gasteiger partial charge in [0.1, 0.15) is 0 Å². The van der Waals surface area contributed by atoms with Crippen molar-refractivity contribution in [1.29, 1.82) is 0 Å². The molecule has 9 nitrogen and oxygen atoms in total. The van der Waals surface area contributed by atoms with Crippen LogP contribution in [-0.4, -0.2) is 46.0 Å². The van der Waals surface area contributed by atoms with Gasteiger partial charge in [-0.1, -0.05) is 36.4 Å². The highest BCUT2D eigenvalue weighted by Crippen LogP contribution is 2.29. The summed E-state index contributed by atoms with van der Waals surface area (Å²) in [5, 5.41) is 0. The van der Waals surface area contributed by atoms with Gasteiger partial charge in [0.05, 0.1) is 20.8 Å². The second-order valence-corrected chi connectivity index (χ2v) is 8.73. The number of ether oxygens (including phenoxy) is 2. The second kappa shape index (κ2) is 9.32. The third-order valence-electron chi connectivity index (χ3n) is 6.61. The fourth-order valence-corrected chi connectivity index (χ4v) is 4.75. The summed E-state index contributed by atoms with van der Waals surface area (Å²) >= 11 is 0. The van der Waals surface area contributed by atoms with Crippen LogP contribution < -0.4 is 25.6 Å². The van der Waals surface area contributed by atoms with Crippen molar-refractivity contribution < 1.29 is 9.47 Å². The van der Waals surface area contributed by atoms with Crippen molar-refractivity contribution in [2.45, 2.75) is 25.9 Å². The molecule has 1 aliphatic heterocycles. The smallest absolute Gasteiger partial charge is 0.332 e. The van der Waals surface area contributed by atoms with Gasteiger partial charge in [-0.05, 0) is 36.1 Å². The Labute approximate surface area is 202 Å². The number of methoxy groups -OCH3 is 2. The molecule has 182 valence electrons. The van der Waals surface area contributed by atoms with E-state index in [1.54, 1.807) is 21.3 Å². The van der Waals surface area contributed by atoms with Gasteiger partial charge >= 0.3 is 5.69 Å². The van der Waals surface area contributed by atoms with Crippen LogP contribution in [0.5, 0.6) is 11.5 Å². The summed E-state index contributed by atoms with van der Waals surface area (Å²) in [5.74, 6) is 2.13. The Morgan fingerprint density at radius 2 is 1.71 bits per heavy atom. The number of fused-ring (bicyclic) bond motifs is 3. The molecule has 0 atom stereocenters. The lowest BCUT2D eigenvalue weighted by molar-refractivity contribution is 0.354. The standard InChI is InChI=1S/C26H29N5O4/c1-28-23-22(24(32)31(26(28)33)17-19-8-5-4-6-9-19)30-14-7-13-29(25(30)27-23)15-12-18-10-11-20(34-2)21(16-18)35-3/h4-6,8-11,16H,7,12-15,17H2,1-3H3. The van der Waals surface area contributed by atoms with Gasteiger partial charge in [0, 0.05) is 26.7 Å². The summed E-state index contributed by atoms with van der Waals surface area (Å²) in [4.78, 5) is 33.5. The molecular formula is C26H29N5O4. The van der Waals surface area contributed by atoms with Crippen LogP contribution in [0.4, 0.5) is 5.95 Å². The van der Waals surface area contributed by atoms with E-state index < -0.39 is 0 Å². The average molecular weight is 476 g/mol. The zero-order valence-electron chi connectivity index (χ0n) is 20.2. The minimum Gasteiger partial charge on any atom is -0.493 e. The fourth-order valence-electron chi connectivity index (χ4n) is 4.75. The predicted octanol–water partition coefficient (Wildman–Crippen LogP) is 2.42. The number of imidazole rings is 1. The number of hydrogen-bond acceptors (Lipinski definition) is 6. The van der Waals surface area contributed by atoms with Gasteiger partial charge in [0.2, 0.25) is 5.95 Å². The molecule has 0 amide bonds. The molecule has 3 heterocycles. The predicted molar refractivity (Wildman–Crippen MR) is 135 cm³/mol. The Morgan fingerprint density at radius 1 is 0.943 bits per heavy atom. The Hall–Kier alpha value is -4.01. The van der Waals surface area contributed by atoms with Crippen LogP contribution >= 0.6 is 0 Å². The van der Waals surface area contributed by atoms with Gasteiger partial charge in [-0.15, -0.1) is 0 Å². The van der Waals surface area contributed by atoms with E-state index in [1.807, 2.05) is 53.1 Å². The molecular weight excluding hydrogens is 446 g/mol. The lowest BCUT2D eigenvalue weighted by Gasteiger charge is -2.29. The molecule has 0 spiro atoms. The van der Waals surface area contributed by atoms with E-state index in [9.17, 15) is 9.59 Å². The summed E-state index contributed by atoms with van der Waals surface area (Å²) in [6.45, 7) is 2.48. The first-order chi connectivity index (χ1) is 17.0. The number of aryl methyl sites for hydroxylation is 2. The molecule has 4 aromatic rings. The molecule has 0 radical (unpaired) electrons. The van der Waals surface area contributed by atoms with Gasteiger partial charge in [0.25, 0.3) is 5.56 Å². The summed E-state index contributed by atoms with van der Waals surface area (Å²) in [6, 6.07) is 15.5. The number of aromatic nitrogens is 4. The normalized spacial score (nSPS) is 13.2. The van der Waals surface area contributed by atoms with Crippen LogP contribution in [0.1, 0.15) is 17.5 Å². The summed E-state index contributed by atoms with van der Waals surface area (Å²) in [5.41, 5.74) is 2.27. The minimum atomic E-state index is -0.362. The van der Waals surface area contributed by atoms with Gasteiger partial charge in [-0.2, -0.15) is 4.98 Å². The molecule has 0 fully saturated rings. The Balaban J connectivity index is 1.49. The average Bonchev–Trinajstić information content (AvgIpc) is 3.29. The van der Waals surface area contributed by atoms with Crippen LogP contribution in [0, 0.1) is 0 Å². The van der Waals surface area contributed by atoms with Crippen LogP contribution in [0.3, 0.4) is 0 Å². The van der Waals surface area contributed by atoms with Gasteiger partial charge in [0.15, 0.2) is 22.7 Å². The fraction of sp³-hybridized carbons (Fsp3) is 0.346. The Morgan fingerprint density at radius 3 is 2.46 bits per heavy atom. The second-order valence-electron chi connectivity index (χ2n) is 8.73. The van der Waals surface area contributed by atoms with Crippen LogP contribution in [-0.2, 0) is 26.6 Å². The minimum absolute atomic E-state index is 0.228. The number of hydrogen-bond donors (Lipinski definition) is 0. The Kier molecular flexibility index (Phi) is 6.07. The largest absolute Gasteiger partial charge is 0.493 e. The van der Waals surface area contributed by atoms with Gasteiger partial charge < -0.3 is 18.9 Å². The van der Waals surface area contributed by atoms with E-state index in [1.165, 1.54) is 9.13 Å². The topological polar surface area (TPSA) is 83.5 Å². The number of rotatable bonds is 7. The molecule has 0 N–H and O–H groups in total. The third-order valence-corrected chi connectivity index (χ3v) is 6.61. The molecule has 0 saturated heterocycles. The molecule has 9 heteroatoms. The van der Waals surface area contributed by atoms with Crippen LogP contribution in [0.25, 0.3) is 11.2 Å². The van der Waals surface area contributed by atoms with E-state index in [0.29, 0.717) is 29.2 Å². The first-order valence-corrected chi connectivity index (χ1v) is 11.7. The van der Waals surface area contributed by atoms with E-state index in [4.69, 9.17) is 14.5 Å². The van der Waals surface area contributed by atoms with Gasteiger partial charge in [-0.25, -0.2) is 4.79 Å². The zero-order valence-corrected chi connectivity index (χ0v) is 20.2.